The number of H-pyrrole nitrogens is 1. The Morgan fingerprint density at radius 2 is 1.80 bits per heavy atom. The molecule has 2 aromatic heterocycles. The number of pyridine rings is 1. The first-order valence-corrected chi connectivity index (χ1v) is 11.5. The van der Waals surface area contributed by atoms with Crippen molar-refractivity contribution in [1.82, 2.24) is 14.9 Å². The van der Waals surface area contributed by atoms with Gasteiger partial charge in [-0.15, -0.1) is 0 Å². The van der Waals surface area contributed by atoms with Crippen molar-refractivity contribution < 1.29 is 23.9 Å². The molecule has 0 saturated heterocycles. The topological polar surface area (TPSA) is 102 Å². The molecule has 8 nitrogen and oxygen atoms in total. The number of rotatable bonds is 10. The first kappa shape index (κ1) is 25.7. The van der Waals surface area contributed by atoms with Gasteiger partial charge in [-0.3, -0.25) is 14.6 Å². The van der Waals surface area contributed by atoms with Crippen LogP contribution in [0.4, 0.5) is 0 Å². The standard InChI is InChI=1S/C27H31N3O5/c1-6-35-27(33)24-17(2)23(18(3)29-24)25(31)19(4)30(16-14-21-9-7-8-15-28-21)26(32)20-10-12-22(34-5)13-11-20/h7-13,15,19,29H,6,14,16H2,1-5H3/t19-/m0/s1. The van der Waals surface area contributed by atoms with Crippen molar-refractivity contribution in [2.45, 2.75) is 40.2 Å². The van der Waals surface area contributed by atoms with E-state index >= 15 is 0 Å². The van der Waals surface area contributed by atoms with Gasteiger partial charge in [0.15, 0.2) is 5.78 Å². The van der Waals surface area contributed by atoms with Gasteiger partial charge in [-0.2, -0.15) is 0 Å². The lowest BCUT2D eigenvalue weighted by Gasteiger charge is -2.29. The van der Waals surface area contributed by atoms with Crippen LogP contribution in [0.5, 0.6) is 5.75 Å². The number of nitrogens with one attached hydrogen (secondary N) is 1. The van der Waals surface area contributed by atoms with Crippen LogP contribution in [0.1, 0.15) is 62.0 Å². The summed E-state index contributed by atoms with van der Waals surface area (Å²) in [5, 5.41) is 0. The Morgan fingerprint density at radius 1 is 1.09 bits per heavy atom. The lowest BCUT2D eigenvalue weighted by atomic mass is 9.99. The number of carbonyl (C=O) groups excluding carboxylic acids is 3. The van der Waals surface area contributed by atoms with Crippen molar-refractivity contribution in [2.24, 2.45) is 0 Å². The molecular formula is C27H31N3O5. The van der Waals surface area contributed by atoms with Crippen LogP contribution in [-0.2, 0) is 11.2 Å². The third-order valence-electron chi connectivity index (χ3n) is 5.94. The Bertz CT molecular complexity index is 1190. The fourth-order valence-corrected chi connectivity index (χ4v) is 4.03. The van der Waals surface area contributed by atoms with Crippen molar-refractivity contribution in [3.63, 3.8) is 0 Å². The first-order chi connectivity index (χ1) is 16.8. The van der Waals surface area contributed by atoms with Crippen molar-refractivity contribution in [3.05, 3.63) is 82.4 Å². The van der Waals surface area contributed by atoms with E-state index in [1.54, 1.807) is 70.2 Å². The number of benzene rings is 1. The second kappa shape index (κ2) is 11.5. The number of nitrogens with zero attached hydrogens (tertiary/aromatic N) is 2. The summed E-state index contributed by atoms with van der Waals surface area (Å²) in [5.41, 5.74) is 2.98. The van der Waals surface area contributed by atoms with Gasteiger partial charge in [0.1, 0.15) is 11.4 Å². The third kappa shape index (κ3) is 5.77. The molecule has 1 atom stereocenters. The average molecular weight is 478 g/mol. The normalized spacial score (nSPS) is 11.6. The Labute approximate surface area is 205 Å². The van der Waals surface area contributed by atoms with Gasteiger partial charge in [-0.05, 0) is 69.7 Å². The number of esters is 1. The van der Waals surface area contributed by atoms with Gasteiger partial charge in [0.2, 0.25) is 0 Å². The zero-order valence-corrected chi connectivity index (χ0v) is 20.8. The second-order valence-electron chi connectivity index (χ2n) is 8.18. The second-order valence-corrected chi connectivity index (χ2v) is 8.18. The van der Waals surface area contributed by atoms with E-state index in [0.29, 0.717) is 41.1 Å². The molecule has 3 aromatic rings. The molecule has 0 aliphatic rings. The minimum absolute atomic E-state index is 0.230. The minimum atomic E-state index is -0.781. The molecule has 8 heteroatoms. The van der Waals surface area contributed by atoms with E-state index in [0.717, 1.165) is 5.69 Å². The highest BCUT2D eigenvalue weighted by Crippen LogP contribution is 2.23. The van der Waals surface area contributed by atoms with Crippen LogP contribution < -0.4 is 4.74 Å². The molecule has 0 aliphatic carbocycles. The van der Waals surface area contributed by atoms with Gasteiger partial charge < -0.3 is 19.4 Å². The van der Waals surface area contributed by atoms with Gasteiger partial charge >= 0.3 is 5.97 Å². The van der Waals surface area contributed by atoms with Crippen LogP contribution in [0.25, 0.3) is 0 Å². The van der Waals surface area contributed by atoms with Crippen molar-refractivity contribution in [3.8, 4) is 5.75 Å². The van der Waals surface area contributed by atoms with Crippen LogP contribution in [0.3, 0.4) is 0 Å². The SMILES string of the molecule is CCOC(=O)c1[nH]c(C)c(C(=O)[C@H](C)N(CCc2ccccn2)C(=O)c2ccc(OC)cc2)c1C. The van der Waals surface area contributed by atoms with Crippen LogP contribution in [0, 0.1) is 13.8 Å². The summed E-state index contributed by atoms with van der Waals surface area (Å²) in [4.78, 5) is 48.4. The van der Waals surface area contributed by atoms with Gasteiger partial charge in [0, 0.05) is 41.7 Å². The fraction of sp³-hybridized carbons (Fsp3) is 0.333. The maximum atomic E-state index is 13.7. The Kier molecular flexibility index (Phi) is 8.41. The monoisotopic (exact) mass is 477 g/mol. The molecule has 0 bridgehead atoms. The van der Waals surface area contributed by atoms with Gasteiger partial charge in [0.05, 0.1) is 19.8 Å². The van der Waals surface area contributed by atoms with E-state index < -0.39 is 12.0 Å². The molecule has 2 heterocycles. The van der Waals surface area contributed by atoms with E-state index in [4.69, 9.17) is 9.47 Å². The molecule has 0 unspecified atom stereocenters. The van der Waals surface area contributed by atoms with Crippen molar-refractivity contribution in [2.75, 3.05) is 20.3 Å². The third-order valence-corrected chi connectivity index (χ3v) is 5.94. The van der Waals surface area contributed by atoms with Crippen molar-refractivity contribution >= 4 is 17.7 Å². The molecule has 3 rings (SSSR count). The lowest BCUT2D eigenvalue weighted by Crippen LogP contribution is -2.44. The maximum absolute atomic E-state index is 13.7. The number of hydrogen-bond acceptors (Lipinski definition) is 6. The van der Waals surface area contributed by atoms with E-state index in [2.05, 4.69) is 9.97 Å². The zero-order chi connectivity index (χ0) is 25.5. The number of hydrogen-bond donors (Lipinski definition) is 1. The smallest absolute Gasteiger partial charge is 0.355 e. The molecule has 0 aliphatic heterocycles. The molecule has 184 valence electrons. The average Bonchev–Trinajstić information content (AvgIpc) is 3.17. The van der Waals surface area contributed by atoms with E-state index in [9.17, 15) is 14.4 Å². The van der Waals surface area contributed by atoms with Crippen molar-refractivity contribution in [1.29, 1.82) is 0 Å². The highest BCUT2D eigenvalue weighted by molar-refractivity contribution is 6.07. The number of aromatic amines is 1. The number of carbonyl (C=O) groups is 3. The summed E-state index contributed by atoms with van der Waals surface area (Å²) in [5.74, 6) is -0.410. The van der Waals surface area contributed by atoms with Gasteiger partial charge in [0.25, 0.3) is 5.91 Å². The highest BCUT2D eigenvalue weighted by Gasteiger charge is 2.31. The largest absolute Gasteiger partial charge is 0.497 e. The predicted octanol–water partition coefficient (Wildman–Crippen LogP) is 4.17. The molecule has 0 fully saturated rings. The summed E-state index contributed by atoms with van der Waals surface area (Å²) in [7, 11) is 1.56. The molecule has 35 heavy (non-hydrogen) atoms. The number of Topliss-reactive ketones (excluding diaryl/α,β-unsaturated/α-hetero) is 1. The fourth-order valence-electron chi connectivity index (χ4n) is 4.03. The molecule has 0 spiro atoms. The summed E-state index contributed by atoms with van der Waals surface area (Å²) in [6.45, 7) is 7.40. The zero-order valence-electron chi connectivity index (χ0n) is 20.8. The highest BCUT2D eigenvalue weighted by atomic mass is 16.5. The van der Waals surface area contributed by atoms with Gasteiger partial charge in [-0.25, -0.2) is 4.79 Å². The summed E-state index contributed by atoms with van der Waals surface area (Å²) >= 11 is 0. The first-order valence-electron chi connectivity index (χ1n) is 11.5. The van der Waals surface area contributed by atoms with E-state index in [1.165, 1.54) is 0 Å². The number of methoxy groups -OCH3 is 1. The predicted molar refractivity (Wildman–Crippen MR) is 132 cm³/mol. The molecule has 0 radical (unpaired) electrons. The number of aromatic nitrogens is 2. The van der Waals surface area contributed by atoms with E-state index in [1.807, 2.05) is 18.2 Å². The lowest BCUT2D eigenvalue weighted by molar-refractivity contribution is 0.0518. The summed E-state index contributed by atoms with van der Waals surface area (Å²) in [6.07, 6.45) is 2.18. The van der Waals surface area contributed by atoms with Crippen LogP contribution in [0.15, 0.2) is 48.7 Å². The molecule has 1 aromatic carbocycles. The molecule has 1 N–H and O–H groups in total. The quantitative estimate of drug-likeness (QED) is 0.347. The minimum Gasteiger partial charge on any atom is -0.497 e. The summed E-state index contributed by atoms with van der Waals surface area (Å²) < 4.78 is 10.3. The van der Waals surface area contributed by atoms with Crippen LogP contribution >= 0.6 is 0 Å². The molecular weight excluding hydrogens is 446 g/mol. The maximum Gasteiger partial charge on any atom is 0.355 e. The molecule has 0 saturated carbocycles. The van der Waals surface area contributed by atoms with Crippen LogP contribution in [0.2, 0.25) is 0 Å². The van der Waals surface area contributed by atoms with E-state index in [-0.39, 0.29) is 24.0 Å². The number of ketones is 1. The Balaban J connectivity index is 1.93. The molecule has 1 amide bonds. The number of ether oxygens (including phenoxy) is 2. The summed E-state index contributed by atoms with van der Waals surface area (Å²) in [6, 6.07) is 11.6. The van der Waals surface area contributed by atoms with Gasteiger partial charge in [-0.1, -0.05) is 6.07 Å². The Morgan fingerprint density at radius 3 is 2.40 bits per heavy atom. The number of aryl methyl sites for hydroxylation is 1. The number of amides is 1. The Hall–Kier alpha value is -3.94. The van der Waals surface area contributed by atoms with Crippen LogP contribution in [-0.4, -0.2) is 58.8 Å².